The van der Waals surface area contributed by atoms with Gasteiger partial charge < -0.3 is 5.32 Å². The van der Waals surface area contributed by atoms with Crippen LogP contribution in [0.1, 0.15) is 15.9 Å². The molecule has 0 fully saturated rings. The van der Waals surface area contributed by atoms with Crippen LogP contribution in [0.15, 0.2) is 51.4 Å². The van der Waals surface area contributed by atoms with E-state index in [1.807, 2.05) is 6.07 Å². The standard InChI is InChI=1S/C14H10Br2FNO/c15-10-5-6-12(16)11(7-10)14(19)18-8-9-3-1-2-4-13(9)17/h1-7H,8H2,(H,18,19). The second-order valence-corrected chi connectivity index (χ2v) is 5.67. The molecule has 0 bridgehead atoms. The first-order valence-electron chi connectivity index (χ1n) is 5.54. The predicted molar refractivity (Wildman–Crippen MR) is 79.4 cm³/mol. The molecule has 0 heterocycles. The van der Waals surface area contributed by atoms with Gasteiger partial charge in [-0.25, -0.2) is 4.39 Å². The summed E-state index contributed by atoms with van der Waals surface area (Å²) in [7, 11) is 0. The van der Waals surface area contributed by atoms with Crippen molar-refractivity contribution in [2.24, 2.45) is 0 Å². The lowest BCUT2D eigenvalue weighted by Gasteiger charge is -2.08. The van der Waals surface area contributed by atoms with Crippen molar-refractivity contribution in [2.45, 2.75) is 6.54 Å². The largest absolute Gasteiger partial charge is 0.348 e. The van der Waals surface area contributed by atoms with E-state index in [0.29, 0.717) is 15.6 Å². The van der Waals surface area contributed by atoms with Gasteiger partial charge in [0.25, 0.3) is 5.91 Å². The summed E-state index contributed by atoms with van der Waals surface area (Å²) in [6.45, 7) is 0.157. The molecule has 2 aromatic rings. The summed E-state index contributed by atoms with van der Waals surface area (Å²) in [4.78, 5) is 12.0. The van der Waals surface area contributed by atoms with Crippen molar-refractivity contribution < 1.29 is 9.18 Å². The molecule has 5 heteroatoms. The number of benzene rings is 2. The fraction of sp³-hybridized carbons (Fsp3) is 0.0714. The summed E-state index contributed by atoms with van der Waals surface area (Å²) in [6.07, 6.45) is 0. The Hall–Kier alpha value is -1.20. The summed E-state index contributed by atoms with van der Waals surface area (Å²) in [6, 6.07) is 11.7. The summed E-state index contributed by atoms with van der Waals surface area (Å²) >= 11 is 6.63. The molecule has 2 rings (SSSR count). The fourth-order valence-corrected chi connectivity index (χ4v) is 2.37. The third-order valence-corrected chi connectivity index (χ3v) is 3.76. The Morgan fingerprint density at radius 2 is 1.89 bits per heavy atom. The maximum atomic E-state index is 13.4. The third-order valence-electron chi connectivity index (χ3n) is 2.57. The highest BCUT2D eigenvalue weighted by Crippen LogP contribution is 2.21. The molecular weight excluding hydrogens is 377 g/mol. The SMILES string of the molecule is O=C(NCc1ccccc1F)c1cc(Br)ccc1Br. The van der Waals surface area contributed by atoms with E-state index in [4.69, 9.17) is 0 Å². The summed E-state index contributed by atoms with van der Waals surface area (Å²) < 4.78 is 14.9. The van der Waals surface area contributed by atoms with Gasteiger partial charge in [0.05, 0.1) is 5.56 Å². The second-order valence-electron chi connectivity index (χ2n) is 3.90. The molecule has 0 aliphatic rings. The lowest BCUT2D eigenvalue weighted by molar-refractivity contribution is 0.0950. The zero-order valence-corrected chi connectivity index (χ0v) is 13.0. The normalized spacial score (nSPS) is 10.3. The van der Waals surface area contributed by atoms with Crippen LogP contribution >= 0.6 is 31.9 Å². The quantitative estimate of drug-likeness (QED) is 0.837. The van der Waals surface area contributed by atoms with E-state index in [2.05, 4.69) is 37.2 Å². The molecule has 19 heavy (non-hydrogen) atoms. The van der Waals surface area contributed by atoms with Crippen molar-refractivity contribution in [2.75, 3.05) is 0 Å². The van der Waals surface area contributed by atoms with Gasteiger partial charge in [-0.2, -0.15) is 0 Å². The summed E-state index contributed by atoms with van der Waals surface area (Å²) in [5, 5.41) is 2.69. The minimum atomic E-state index is -0.323. The zero-order chi connectivity index (χ0) is 13.8. The van der Waals surface area contributed by atoms with Gasteiger partial charge in [0.1, 0.15) is 5.82 Å². The van der Waals surface area contributed by atoms with Crippen molar-refractivity contribution in [3.8, 4) is 0 Å². The fourth-order valence-electron chi connectivity index (χ4n) is 1.58. The van der Waals surface area contributed by atoms with Crippen LogP contribution in [-0.2, 0) is 6.54 Å². The Kier molecular flexibility index (Phi) is 4.71. The number of carbonyl (C=O) groups is 1. The molecule has 1 N–H and O–H groups in total. The Morgan fingerprint density at radius 1 is 1.16 bits per heavy atom. The number of halogens is 3. The van der Waals surface area contributed by atoms with E-state index >= 15 is 0 Å². The number of rotatable bonds is 3. The van der Waals surface area contributed by atoms with Gasteiger partial charge in [-0.15, -0.1) is 0 Å². The average molecular weight is 387 g/mol. The highest BCUT2D eigenvalue weighted by atomic mass is 79.9. The maximum Gasteiger partial charge on any atom is 0.252 e. The summed E-state index contributed by atoms with van der Waals surface area (Å²) in [5.41, 5.74) is 0.965. The van der Waals surface area contributed by atoms with E-state index in [0.717, 1.165) is 4.47 Å². The lowest BCUT2D eigenvalue weighted by atomic mass is 10.2. The first-order chi connectivity index (χ1) is 9.08. The first-order valence-corrected chi connectivity index (χ1v) is 7.13. The van der Waals surface area contributed by atoms with Crippen LogP contribution in [0, 0.1) is 5.82 Å². The Balaban J connectivity index is 2.10. The van der Waals surface area contributed by atoms with Crippen molar-refractivity contribution in [1.29, 1.82) is 0 Å². The van der Waals surface area contributed by atoms with Gasteiger partial charge in [-0.05, 0) is 40.2 Å². The Morgan fingerprint density at radius 3 is 2.63 bits per heavy atom. The van der Waals surface area contributed by atoms with Crippen LogP contribution < -0.4 is 5.32 Å². The molecule has 0 aliphatic carbocycles. The molecule has 0 spiro atoms. The first kappa shape index (κ1) is 14.2. The van der Waals surface area contributed by atoms with E-state index in [1.165, 1.54) is 6.07 Å². The van der Waals surface area contributed by atoms with Gasteiger partial charge in [-0.1, -0.05) is 34.1 Å². The van der Waals surface area contributed by atoms with Gasteiger partial charge in [0.2, 0.25) is 0 Å². The number of amides is 1. The van der Waals surface area contributed by atoms with Gasteiger partial charge >= 0.3 is 0 Å². The number of nitrogens with one attached hydrogen (secondary N) is 1. The number of hydrogen-bond donors (Lipinski definition) is 1. The zero-order valence-electron chi connectivity index (χ0n) is 9.79. The Bertz CT molecular complexity index is 616. The third kappa shape index (κ3) is 3.64. The average Bonchev–Trinajstić information content (AvgIpc) is 2.40. The minimum absolute atomic E-state index is 0.157. The van der Waals surface area contributed by atoms with Crippen LogP contribution in [0.5, 0.6) is 0 Å². The number of hydrogen-bond acceptors (Lipinski definition) is 1. The van der Waals surface area contributed by atoms with Gasteiger partial charge in [-0.3, -0.25) is 4.79 Å². The summed E-state index contributed by atoms with van der Waals surface area (Å²) in [5.74, 6) is -0.576. The van der Waals surface area contributed by atoms with Crippen molar-refractivity contribution in [1.82, 2.24) is 5.32 Å². The van der Waals surface area contributed by atoms with Gasteiger partial charge in [0, 0.05) is 21.1 Å². The van der Waals surface area contributed by atoms with Crippen LogP contribution in [0.25, 0.3) is 0 Å². The molecular formula is C14H10Br2FNO. The molecule has 0 aliphatic heterocycles. The van der Waals surface area contributed by atoms with Crippen LogP contribution in [0.2, 0.25) is 0 Å². The van der Waals surface area contributed by atoms with Crippen LogP contribution in [0.3, 0.4) is 0 Å². The second kappa shape index (κ2) is 6.30. The molecule has 2 nitrogen and oxygen atoms in total. The van der Waals surface area contributed by atoms with Crippen LogP contribution in [0.4, 0.5) is 4.39 Å². The lowest BCUT2D eigenvalue weighted by Crippen LogP contribution is -2.23. The van der Waals surface area contributed by atoms with Crippen molar-refractivity contribution in [3.05, 3.63) is 68.4 Å². The van der Waals surface area contributed by atoms with E-state index in [9.17, 15) is 9.18 Å². The monoisotopic (exact) mass is 385 g/mol. The van der Waals surface area contributed by atoms with Gasteiger partial charge in [0.15, 0.2) is 0 Å². The molecule has 0 radical (unpaired) electrons. The highest BCUT2D eigenvalue weighted by Gasteiger charge is 2.11. The molecule has 1 amide bonds. The highest BCUT2D eigenvalue weighted by molar-refractivity contribution is 9.11. The Labute approximate surface area is 127 Å². The minimum Gasteiger partial charge on any atom is -0.348 e. The van der Waals surface area contributed by atoms with E-state index in [-0.39, 0.29) is 18.3 Å². The topological polar surface area (TPSA) is 29.1 Å². The molecule has 0 aromatic heterocycles. The van der Waals surface area contributed by atoms with Crippen molar-refractivity contribution in [3.63, 3.8) is 0 Å². The molecule has 2 aromatic carbocycles. The number of carbonyl (C=O) groups excluding carboxylic acids is 1. The maximum absolute atomic E-state index is 13.4. The van der Waals surface area contributed by atoms with Crippen molar-refractivity contribution >= 4 is 37.8 Å². The smallest absolute Gasteiger partial charge is 0.252 e. The predicted octanol–water partition coefficient (Wildman–Crippen LogP) is 4.28. The molecule has 0 saturated heterocycles. The molecule has 0 saturated carbocycles. The van der Waals surface area contributed by atoms with E-state index in [1.54, 1.807) is 30.3 Å². The van der Waals surface area contributed by atoms with Crippen LogP contribution in [-0.4, -0.2) is 5.91 Å². The molecule has 0 atom stereocenters. The molecule has 0 unspecified atom stereocenters. The molecule has 98 valence electrons. The van der Waals surface area contributed by atoms with E-state index < -0.39 is 0 Å².